The van der Waals surface area contributed by atoms with Gasteiger partial charge in [0.05, 0.1) is 0 Å². The van der Waals surface area contributed by atoms with Crippen LogP contribution in [0.3, 0.4) is 0 Å². The minimum Gasteiger partial charge on any atom is -0.332 e. The largest absolute Gasteiger partial charge is 0.435 e. The summed E-state index contributed by atoms with van der Waals surface area (Å²) in [6.45, 7) is 2.49. The van der Waals surface area contributed by atoms with Gasteiger partial charge in [0.1, 0.15) is 5.65 Å². The second-order valence-corrected chi connectivity index (χ2v) is 2.91. The first-order valence-corrected chi connectivity index (χ1v) is 4.14. The molecule has 0 aliphatic rings. The Morgan fingerprint density at radius 3 is 2.64 bits per heavy atom. The van der Waals surface area contributed by atoms with E-state index in [0.717, 1.165) is 6.07 Å². The Morgan fingerprint density at radius 1 is 1.36 bits per heavy atom. The van der Waals surface area contributed by atoms with Gasteiger partial charge in [0.25, 0.3) is 0 Å². The van der Waals surface area contributed by atoms with Crippen molar-refractivity contribution in [1.29, 1.82) is 0 Å². The molecule has 0 aliphatic heterocycles. The fourth-order valence-corrected chi connectivity index (χ4v) is 1.33. The number of nitrogens with zero attached hydrogens (tertiary/aromatic N) is 3. The van der Waals surface area contributed by atoms with Gasteiger partial charge in [0, 0.05) is 25.0 Å². The van der Waals surface area contributed by atoms with Crippen molar-refractivity contribution >= 4 is 5.65 Å². The summed E-state index contributed by atoms with van der Waals surface area (Å²) in [4.78, 5) is 0. The highest BCUT2D eigenvalue weighted by atomic mass is 19.4. The lowest BCUT2D eigenvalue weighted by Crippen LogP contribution is -2.05. The second kappa shape index (κ2) is 2.76. The van der Waals surface area contributed by atoms with Gasteiger partial charge in [-0.15, -0.1) is 0 Å². The van der Waals surface area contributed by atoms with Crippen LogP contribution in [0.4, 0.5) is 13.2 Å². The van der Waals surface area contributed by atoms with Gasteiger partial charge in [-0.3, -0.25) is 0 Å². The maximum absolute atomic E-state index is 12.3. The normalized spacial score (nSPS) is 12.6. The average Bonchev–Trinajstić information content (AvgIpc) is 2.58. The van der Waals surface area contributed by atoms with Gasteiger partial charge < -0.3 is 4.57 Å². The summed E-state index contributed by atoms with van der Waals surface area (Å²) in [5, 5.41) is 3.42. The molecule has 6 heteroatoms. The standard InChI is InChI=1S/C8H8F3N3/c1-2-13-3-4-14-7(13)5-6(12-14)8(9,10)11/h3-5H,2H2,1H3. The van der Waals surface area contributed by atoms with Crippen LogP contribution in [0.25, 0.3) is 5.65 Å². The van der Waals surface area contributed by atoms with Crippen molar-refractivity contribution in [3.05, 3.63) is 24.2 Å². The van der Waals surface area contributed by atoms with Crippen molar-refractivity contribution in [3.63, 3.8) is 0 Å². The molecule has 0 unspecified atom stereocenters. The quantitative estimate of drug-likeness (QED) is 0.696. The number of aryl methyl sites for hydroxylation is 1. The van der Waals surface area contributed by atoms with E-state index in [9.17, 15) is 13.2 Å². The van der Waals surface area contributed by atoms with Gasteiger partial charge in [-0.1, -0.05) is 0 Å². The van der Waals surface area contributed by atoms with Crippen LogP contribution in [0.5, 0.6) is 0 Å². The van der Waals surface area contributed by atoms with Crippen molar-refractivity contribution in [1.82, 2.24) is 14.2 Å². The minimum absolute atomic E-state index is 0.458. The van der Waals surface area contributed by atoms with Crippen molar-refractivity contribution in [3.8, 4) is 0 Å². The molecule has 0 fully saturated rings. The molecule has 0 bridgehead atoms. The zero-order valence-corrected chi connectivity index (χ0v) is 7.41. The Balaban J connectivity index is 2.58. The fraction of sp³-hybridized carbons (Fsp3) is 0.375. The molecule has 3 nitrogen and oxygen atoms in total. The van der Waals surface area contributed by atoms with Crippen LogP contribution in [-0.4, -0.2) is 14.2 Å². The van der Waals surface area contributed by atoms with Crippen molar-refractivity contribution in [2.75, 3.05) is 0 Å². The summed E-state index contributed by atoms with van der Waals surface area (Å²) in [5.41, 5.74) is -0.393. The van der Waals surface area contributed by atoms with Gasteiger partial charge in [0.15, 0.2) is 5.69 Å². The fourth-order valence-electron chi connectivity index (χ4n) is 1.33. The topological polar surface area (TPSA) is 22.2 Å². The molecule has 0 atom stereocenters. The monoisotopic (exact) mass is 203 g/mol. The predicted molar refractivity (Wildman–Crippen MR) is 43.9 cm³/mol. The molecule has 2 aromatic heterocycles. The zero-order valence-electron chi connectivity index (χ0n) is 7.41. The minimum atomic E-state index is -4.37. The van der Waals surface area contributed by atoms with E-state index < -0.39 is 11.9 Å². The SMILES string of the molecule is CCn1ccn2nc(C(F)(F)F)cc12. The molecule has 2 rings (SSSR count). The van der Waals surface area contributed by atoms with E-state index in [1.54, 1.807) is 10.8 Å². The van der Waals surface area contributed by atoms with Crippen LogP contribution in [0, 0.1) is 0 Å². The van der Waals surface area contributed by atoms with E-state index >= 15 is 0 Å². The van der Waals surface area contributed by atoms with Crippen molar-refractivity contribution in [2.45, 2.75) is 19.6 Å². The Hall–Kier alpha value is -1.46. The average molecular weight is 203 g/mol. The lowest BCUT2D eigenvalue weighted by molar-refractivity contribution is -0.141. The molecule has 0 saturated carbocycles. The molecule has 76 valence electrons. The molecule has 2 heterocycles. The van der Waals surface area contributed by atoms with Crippen molar-refractivity contribution < 1.29 is 13.2 Å². The number of imidazole rings is 1. The Bertz CT molecular complexity index is 452. The Kier molecular flexibility index (Phi) is 1.80. The van der Waals surface area contributed by atoms with Crippen LogP contribution in [0.1, 0.15) is 12.6 Å². The number of hydrogen-bond acceptors (Lipinski definition) is 1. The van der Waals surface area contributed by atoms with Gasteiger partial charge in [-0.25, -0.2) is 4.52 Å². The van der Waals surface area contributed by atoms with E-state index in [1.165, 1.54) is 10.7 Å². The maximum Gasteiger partial charge on any atom is 0.435 e. The van der Waals surface area contributed by atoms with Crippen molar-refractivity contribution in [2.24, 2.45) is 0 Å². The van der Waals surface area contributed by atoms with Gasteiger partial charge in [-0.2, -0.15) is 18.3 Å². The molecule has 0 aliphatic carbocycles. The third-order valence-corrected chi connectivity index (χ3v) is 2.03. The molecule has 14 heavy (non-hydrogen) atoms. The van der Waals surface area contributed by atoms with E-state index in [2.05, 4.69) is 5.10 Å². The number of halogens is 3. The number of fused-ring (bicyclic) bond motifs is 1. The molecule has 0 amide bonds. The first-order chi connectivity index (χ1) is 6.52. The third-order valence-electron chi connectivity index (χ3n) is 2.03. The highest BCUT2D eigenvalue weighted by Crippen LogP contribution is 2.28. The van der Waals surface area contributed by atoms with Crippen LogP contribution in [0.15, 0.2) is 18.5 Å². The highest BCUT2D eigenvalue weighted by molar-refractivity contribution is 5.41. The summed E-state index contributed by atoms with van der Waals surface area (Å²) in [5.74, 6) is 0. The second-order valence-electron chi connectivity index (χ2n) is 2.91. The summed E-state index contributed by atoms with van der Waals surface area (Å²) >= 11 is 0. The summed E-state index contributed by atoms with van der Waals surface area (Å²) in [6, 6.07) is 1.05. The number of alkyl halides is 3. The third kappa shape index (κ3) is 1.26. The number of hydrogen-bond donors (Lipinski definition) is 0. The molecule has 0 saturated heterocycles. The van der Waals surface area contributed by atoms with Crippen LogP contribution < -0.4 is 0 Å². The van der Waals surface area contributed by atoms with Crippen LogP contribution >= 0.6 is 0 Å². The molecular formula is C8H8F3N3. The zero-order chi connectivity index (χ0) is 10.3. The van der Waals surface area contributed by atoms with Gasteiger partial charge in [-0.05, 0) is 6.92 Å². The maximum atomic E-state index is 12.3. The lowest BCUT2D eigenvalue weighted by Gasteiger charge is -1.99. The van der Waals surface area contributed by atoms with Gasteiger partial charge >= 0.3 is 6.18 Å². The Morgan fingerprint density at radius 2 is 2.07 bits per heavy atom. The highest BCUT2D eigenvalue weighted by Gasteiger charge is 2.34. The van der Waals surface area contributed by atoms with E-state index in [1.807, 2.05) is 6.92 Å². The van der Waals surface area contributed by atoms with E-state index in [0.29, 0.717) is 12.2 Å². The summed E-state index contributed by atoms with van der Waals surface area (Å²) < 4.78 is 39.7. The van der Waals surface area contributed by atoms with Gasteiger partial charge in [0.2, 0.25) is 0 Å². The summed E-state index contributed by atoms with van der Waals surface area (Å²) in [7, 11) is 0. The Labute approximate surface area is 77.7 Å². The first kappa shape index (κ1) is 9.11. The van der Waals surface area contributed by atoms with Crippen LogP contribution in [0.2, 0.25) is 0 Å². The molecular weight excluding hydrogens is 195 g/mol. The molecule has 0 N–H and O–H groups in total. The lowest BCUT2D eigenvalue weighted by atomic mass is 10.4. The first-order valence-electron chi connectivity index (χ1n) is 4.14. The molecule has 2 aromatic rings. The smallest absolute Gasteiger partial charge is 0.332 e. The molecule has 0 radical (unpaired) electrons. The van der Waals surface area contributed by atoms with Crippen LogP contribution in [-0.2, 0) is 12.7 Å². The molecule has 0 spiro atoms. The van der Waals surface area contributed by atoms with E-state index in [4.69, 9.17) is 0 Å². The van der Waals surface area contributed by atoms with E-state index in [-0.39, 0.29) is 0 Å². The molecule has 0 aromatic carbocycles. The number of rotatable bonds is 1. The predicted octanol–water partition coefficient (Wildman–Crippen LogP) is 2.17. The summed E-state index contributed by atoms with van der Waals surface area (Å²) in [6.07, 6.45) is -1.17. The number of aromatic nitrogens is 3.